The van der Waals surface area contributed by atoms with Crippen LogP contribution >= 0.6 is 0 Å². The van der Waals surface area contributed by atoms with Gasteiger partial charge in [-0.3, -0.25) is 4.79 Å². The second-order valence-corrected chi connectivity index (χ2v) is 5.13. The first kappa shape index (κ1) is 10.6. The maximum Gasteiger partial charge on any atom is 0.159 e. The Morgan fingerprint density at radius 1 is 1.47 bits per heavy atom. The minimum atomic E-state index is -0.145. The Balaban J connectivity index is 2.30. The molecule has 2 N–H and O–H groups in total. The molecule has 2 aliphatic carbocycles. The van der Waals surface area contributed by atoms with Gasteiger partial charge in [-0.1, -0.05) is 12.2 Å². The molecular formula is C13H19NO. The summed E-state index contributed by atoms with van der Waals surface area (Å²) in [5.41, 5.74) is 9.28. The van der Waals surface area contributed by atoms with Crippen molar-refractivity contribution in [3.63, 3.8) is 0 Å². The van der Waals surface area contributed by atoms with Gasteiger partial charge in [0.2, 0.25) is 0 Å². The SMILES string of the molecule is C=C(C)C1CC(=O)C(C)=C(C2(N)CC2)C1. The van der Waals surface area contributed by atoms with Crippen LogP contribution in [0.1, 0.15) is 39.5 Å². The smallest absolute Gasteiger partial charge is 0.159 e. The Hall–Kier alpha value is -0.890. The van der Waals surface area contributed by atoms with Crippen molar-refractivity contribution in [1.29, 1.82) is 0 Å². The van der Waals surface area contributed by atoms with Gasteiger partial charge in [0.25, 0.3) is 0 Å². The molecule has 1 unspecified atom stereocenters. The first-order valence-corrected chi connectivity index (χ1v) is 5.62. The van der Waals surface area contributed by atoms with E-state index in [0.717, 1.165) is 30.4 Å². The largest absolute Gasteiger partial charge is 0.322 e. The van der Waals surface area contributed by atoms with E-state index in [9.17, 15) is 4.79 Å². The predicted molar refractivity (Wildman–Crippen MR) is 61.4 cm³/mol. The Labute approximate surface area is 91.2 Å². The molecule has 0 spiro atoms. The van der Waals surface area contributed by atoms with Crippen molar-refractivity contribution in [2.24, 2.45) is 11.7 Å². The van der Waals surface area contributed by atoms with Gasteiger partial charge >= 0.3 is 0 Å². The number of rotatable bonds is 2. The highest BCUT2D eigenvalue weighted by Crippen LogP contribution is 2.46. The van der Waals surface area contributed by atoms with Crippen molar-refractivity contribution in [3.05, 3.63) is 23.3 Å². The van der Waals surface area contributed by atoms with Gasteiger partial charge in [0, 0.05) is 12.0 Å². The second kappa shape index (κ2) is 3.31. The number of nitrogens with two attached hydrogens (primary N) is 1. The zero-order valence-electron chi connectivity index (χ0n) is 9.60. The lowest BCUT2D eigenvalue weighted by molar-refractivity contribution is -0.116. The van der Waals surface area contributed by atoms with Crippen LogP contribution in [0.2, 0.25) is 0 Å². The van der Waals surface area contributed by atoms with E-state index in [1.165, 1.54) is 5.57 Å². The molecule has 15 heavy (non-hydrogen) atoms. The van der Waals surface area contributed by atoms with Gasteiger partial charge in [-0.05, 0) is 50.2 Å². The summed E-state index contributed by atoms with van der Waals surface area (Å²) < 4.78 is 0. The number of Topliss-reactive ketones (excluding diaryl/α,β-unsaturated/α-hetero) is 1. The summed E-state index contributed by atoms with van der Waals surface area (Å²) in [5.74, 6) is 0.582. The number of hydrogen-bond donors (Lipinski definition) is 1. The number of ketones is 1. The molecule has 0 aliphatic heterocycles. The molecule has 2 rings (SSSR count). The number of carbonyl (C=O) groups excluding carboxylic acids is 1. The summed E-state index contributed by atoms with van der Waals surface area (Å²) in [7, 11) is 0. The summed E-state index contributed by atoms with van der Waals surface area (Å²) in [5, 5.41) is 0. The van der Waals surface area contributed by atoms with Crippen LogP contribution in [0, 0.1) is 5.92 Å². The molecule has 2 nitrogen and oxygen atoms in total. The topological polar surface area (TPSA) is 43.1 Å². The van der Waals surface area contributed by atoms with Crippen molar-refractivity contribution in [2.45, 2.75) is 45.1 Å². The number of allylic oxidation sites excluding steroid dienone is 2. The predicted octanol–water partition coefficient (Wildman–Crippen LogP) is 2.35. The monoisotopic (exact) mass is 205 g/mol. The molecule has 0 aromatic heterocycles. The lowest BCUT2D eigenvalue weighted by Gasteiger charge is -2.28. The average molecular weight is 205 g/mol. The number of carbonyl (C=O) groups is 1. The van der Waals surface area contributed by atoms with Crippen molar-refractivity contribution >= 4 is 5.78 Å². The molecule has 1 fully saturated rings. The molecule has 0 bridgehead atoms. The van der Waals surface area contributed by atoms with E-state index in [0.29, 0.717) is 12.3 Å². The van der Waals surface area contributed by atoms with Crippen LogP contribution in [0.5, 0.6) is 0 Å². The Bertz CT molecular complexity index is 361. The standard InChI is InChI=1S/C13H19NO/c1-8(2)10-6-11(13(14)4-5-13)9(3)12(15)7-10/h10H,1,4-7,14H2,2-3H3. The summed E-state index contributed by atoms with van der Waals surface area (Å²) in [6, 6.07) is 0. The molecule has 2 heteroatoms. The van der Waals surface area contributed by atoms with Crippen molar-refractivity contribution in [2.75, 3.05) is 0 Å². The molecule has 0 saturated heterocycles. The Kier molecular flexibility index (Phi) is 2.34. The molecular weight excluding hydrogens is 186 g/mol. The third-order valence-electron chi connectivity index (χ3n) is 3.84. The summed E-state index contributed by atoms with van der Waals surface area (Å²) >= 11 is 0. The average Bonchev–Trinajstić information content (AvgIpc) is 2.89. The van der Waals surface area contributed by atoms with Gasteiger partial charge in [0.1, 0.15) is 0 Å². The first-order chi connectivity index (χ1) is 6.94. The maximum absolute atomic E-state index is 11.8. The molecule has 0 aromatic rings. The summed E-state index contributed by atoms with van der Waals surface area (Å²) in [6.45, 7) is 7.90. The van der Waals surface area contributed by atoms with E-state index < -0.39 is 0 Å². The highest BCUT2D eigenvalue weighted by molar-refractivity contribution is 5.97. The van der Waals surface area contributed by atoms with Crippen molar-refractivity contribution in [1.82, 2.24) is 0 Å². The molecule has 82 valence electrons. The zero-order chi connectivity index (χ0) is 11.2. The van der Waals surface area contributed by atoms with Gasteiger partial charge in [-0.15, -0.1) is 0 Å². The lowest BCUT2D eigenvalue weighted by Crippen LogP contribution is -2.32. The molecule has 0 aromatic carbocycles. The van der Waals surface area contributed by atoms with Gasteiger partial charge < -0.3 is 5.73 Å². The lowest BCUT2D eigenvalue weighted by atomic mass is 9.77. The van der Waals surface area contributed by atoms with Gasteiger partial charge in [0.05, 0.1) is 0 Å². The number of hydrogen-bond acceptors (Lipinski definition) is 2. The van der Waals surface area contributed by atoms with E-state index in [4.69, 9.17) is 5.73 Å². The zero-order valence-corrected chi connectivity index (χ0v) is 9.60. The minimum absolute atomic E-state index is 0.145. The second-order valence-electron chi connectivity index (χ2n) is 5.13. The van der Waals surface area contributed by atoms with E-state index in [1.807, 2.05) is 13.8 Å². The van der Waals surface area contributed by atoms with Crippen LogP contribution in [0.4, 0.5) is 0 Å². The van der Waals surface area contributed by atoms with E-state index >= 15 is 0 Å². The fourth-order valence-corrected chi connectivity index (χ4v) is 2.38. The van der Waals surface area contributed by atoms with Gasteiger partial charge in [-0.2, -0.15) is 0 Å². The van der Waals surface area contributed by atoms with Crippen LogP contribution < -0.4 is 5.73 Å². The maximum atomic E-state index is 11.8. The van der Waals surface area contributed by atoms with Crippen molar-refractivity contribution in [3.8, 4) is 0 Å². The van der Waals surface area contributed by atoms with E-state index in [1.54, 1.807) is 0 Å². The molecule has 2 aliphatic rings. The third-order valence-corrected chi connectivity index (χ3v) is 3.84. The molecule has 1 saturated carbocycles. The van der Waals surface area contributed by atoms with E-state index in [2.05, 4.69) is 6.58 Å². The first-order valence-electron chi connectivity index (χ1n) is 5.62. The van der Waals surface area contributed by atoms with Crippen LogP contribution in [-0.2, 0) is 4.79 Å². The normalized spacial score (nSPS) is 29.3. The van der Waals surface area contributed by atoms with Gasteiger partial charge in [-0.25, -0.2) is 0 Å². The third kappa shape index (κ3) is 1.78. The molecule has 0 amide bonds. The van der Waals surface area contributed by atoms with Crippen molar-refractivity contribution < 1.29 is 4.79 Å². The molecule has 0 heterocycles. The summed E-state index contributed by atoms with van der Waals surface area (Å²) in [4.78, 5) is 11.8. The van der Waals surface area contributed by atoms with Crippen LogP contribution in [0.25, 0.3) is 0 Å². The van der Waals surface area contributed by atoms with E-state index in [-0.39, 0.29) is 11.3 Å². The quantitative estimate of drug-likeness (QED) is 0.703. The Morgan fingerprint density at radius 3 is 2.53 bits per heavy atom. The highest BCUT2D eigenvalue weighted by atomic mass is 16.1. The fourth-order valence-electron chi connectivity index (χ4n) is 2.38. The van der Waals surface area contributed by atoms with Crippen LogP contribution in [0.15, 0.2) is 23.3 Å². The molecule has 0 radical (unpaired) electrons. The van der Waals surface area contributed by atoms with Crippen LogP contribution in [0.3, 0.4) is 0 Å². The fraction of sp³-hybridized carbons (Fsp3) is 0.615. The highest BCUT2D eigenvalue weighted by Gasteiger charge is 2.45. The Morgan fingerprint density at radius 2 is 2.07 bits per heavy atom. The summed E-state index contributed by atoms with van der Waals surface area (Å²) in [6.07, 6.45) is 3.65. The minimum Gasteiger partial charge on any atom is -0.322 e. The van der Waals surface area contributed by atoms with Crippen LogP contribution in [-0.4, -0.2) is 11.3 Å². The van der Waals surface area contributed by atoms with Gasteiger partial charge in [0.15, 0.2) is 5.78 Å². The molecule has 1 atom stereocenters.